The van der Waals surface area contributed by atoms with Gasteiger partial charge in [-0.2, -0.15) is 0 Å². The molecule has 0 bridgehead atoms. The molecule has 0 spiro atoms. The third-order valence-corrected chi connectivity index (χ3v) is 5.35. The number of nitrogens with zero attached hydrogens (tertiary/aromatic N) is 2. The molecule has 1 fully saturated rings. The highest BCUT2D eigenvalue weighted by Crippen LogP contribution is 2.23. The lowest BCUT2D eigenvalue weighted by atomic mass is 10.1. The smallest absolute Gasteiger partial charge is 0.329 e. The third kappa shape index (κ3) is 6.33. The molecule has 1 unspecified atom stereocenters. The number of carbonyl (C=O) groups excluding carboxylic acids is 2. The summed E-state index contributed by atoms with van der Waals surface area (Å²) in [5.74, 6) is 5.20. The van der Waals surface area contributed by atoms with Gasteiger partial charge in [-0.3, -0.25) is 24.0 Å². The molecule has 2 amide bonds. The van der Waals surface area contributed by atoms with Gasteiger partial charge < -0.3 is 18.9 Å². The van der Waals surface area contributed by atoms with Crippen molar-refractivity contribution in [3.05, 3.63) is 34.2 Å². The molecule has 2 aromatic rings. The fourth-order valence-corrected chi connectivity index (χ4v) is 3.75. The molecule has 1 aliphatic rings. The van der Waals surface area contributed by atoms with Crippen LogP contribution >= 0.6 is 0 Å². The molecule has 2 heterocycles. The Morgan fingerprint density at radius 1 is 1.09 bits per heavy atom. The van der Waals surface area contributed by atoms with Gasteiger partial charge in [0, 0.05) is 32.2 Å². The molecule has 0 radical (unpaired) electrons. The van der Waals surface area contributed by atoms with Crippen molar-refractivity contribution in [3.8, 4) is 11.8 Å². The average Bonchev–Trinajstić information content (AvgIpc) is 3.05. The van der Waals surface area contributed by atoms with Crippen LogP contribution in [0.3, 0.4) is 0 Å². The van der Waals surface area contributed by atoms with E-state index in [1.165, 1.54) is 9.13 Å². The van der Waals surface area contributed by atoms with Crippen LogP contribution in [0.5, 0.6) is 0 Å². The van der Waals surface area contributed by atoms with E-state index in [-0.39, 0.29) is 30.9 Å². The van der Waals surface area contributed by atoms with Crippen molar-refractivity contribution >= 4 is 22.8 Å². The Hall–Kier alpha value is -2.97. The summed E-state index contributed by atoms with van der Waals surface area (Å²) in [6.07, 6.45) is 0.128. The largest absolute Gasteiger partial charge is 0.374 e. The highest BCUT2D eigenvalue weighted by Gasteiger charge is 2.31. The summed E-state index contributed by atoms with van der Waals surface area (Å²) in [6.45, 7) is 6.29. The van der Waals surface area contributed by atoms with E-state index in [2.05, 4.69) is 17.2 Å². The lowest BCUT2D eigenvalue weighted by Crippen LogP contribution is -2.44. The first-order valence-electron chi connectivity index (χ1n) is 11.4. The van der Waals surface area contributed by atoms with Gasteiger partial charge in [0.15, 0.2) is 6.29 Å². The second-order valence-electron chi connectivity index (χ2n) is 7.65. The van der Waals surface area contributed by atoms with E-state index in [1.807, 2.05) is 13.8 Å². The number of aryl methyl sites for hydroxylation is 1. The Morgan fingerprint density at radius 3 is 2.53 bits per heavy atom. The van der Waals surface area contributed by atoms with E-state index < -0.39 is 11.9 Å². The number of hydrogen-bond donors (Lipinski definition) is 1. The van der Waals surface area contributed by atoms with Crippen LogP contribution in [0.1, 0.15) is 38.3 Å². The minimum absolute atomic E-state index is 0.202. The first-order chi connectivity index (χ1) is 16.5. The Kier molecular flexibility index (Phi) is 9.42. The molecule has 1 aliphatic heterocycles. The van der Waals surface area contributed by atoms with Crippen molar-refractivity contribution < 1.29 is 28.5 Å². The quantitative estimate of drug-likeness (QED) is 0.225. The molecule has 1 saturated heterocycles. The molecular weight excluding hydrogens is 442 g/mol. The van der Waals surface area contributed by atoms with Gasteiger partial charge in [-0.1, -0.05) is 11.8 Å². The molecule has 1 atom stereocenters. The minimum atomic E-state index is -0.709. The predicted molar refractivity (Wildman–Crippen MR) is 124 cm³/mol. The number of carbonyl (C=O) groups is 2. The zero-order valence-electron chi connectivity index (χ0n) is 19.8. The van der Waals surface area contributed by atoms with Crippen molar-refractivity contribution in [1.82, 2.24) is 14.5 Å². The second kappa shape index (κ2) is 12.5. The fourth-order valence-electron chi connectivity index (χ4n) is 3.75. The molecule has 0 saturated carbocycles. The molecule has 34 heavy (non-hydrogen) atoms. The summed E-state index contributed by atoms with van der Waals surface area (Å²) in [7, 11) is 1.65. The zero-order chi connectivity index (χ0) is 24.5. The van der Waals surface area contributed by atoms with Gasteiger partial charge in [-0.15, -0.1) is 0 Å². The van der Waals surface area contributed by atoms with Crippen molar-refractivity contribution in [2.24, 2.45) is 7.05 Å². The summed E-state index contributed by atoms with van der Waals surface area (Å²) in [4.78, 5) is 36.5. The summed E-state index contributed by atoms with van der Waals surface area (Å²) < 4.78 is 24.7. The minimum Gasteiger partial charge on any atom is -0.374 e. The number of hydrogen-bond acceptors (Lipinski definition) is 7. The van der Waals surface area contributed by atoms with Crippen LogP contribution in [0, 0.1) is 11.8 Å². The van der Waals surface area contributed by atoms with Crippen LogP contribution < -0.4 is 11.0 Å². The number of fused-ring (bicyclic) bond motifs is 1. The molecule has 10 heteroatoms. The molecule has 10 nitrogen and oxygen atoms in total. The predicted octanol–water partition coefficient (Wildman–Crippen LogP) is 1.10. The van der Waals surface area contributed by atoms with Crippen molar-refractivity contribution in [2.75, 3.05) is 39.6 Å². The first-order valence-corrected chi connectivity index (χ1v) is 11.4. The molecular formula is C24H31N3O7. The maximum Gasteiger partial charge on any atom is 0.329 e. The Balaban J connectivity index is 1.55. The fraction of sp³-hybridized carbons (Fsp3) is 0.542. The number of nitrogens with one attached hydrogen (secondary N) is 1. The molecule has 1 N–H and O–H groups in total. The molecule has 3 rings (SSSR count). The van der Waals surface area contributed by atoms with Crippen LogP contribution in [-0.2, 0) is 35.6 Å². The lowest BCUT2D eigenvalue weighted by Gasteiger charge is -2.21. The van der Waals surface area contributed by atoms with Crippen LogP contribution in [-0.4, -0.2) is 66.9 Å². The number of amides is 2. The number of rotatable bonds is 11. The van der Waals surface area contributed by atoms with E-state index >= 15 is 0 Å². The van der Waals surface area contributed by atoms with E-state index in [4.69, 9.17) is 18.9 Å². The van der Waals surface area contributed by atoms with Crippen LogP contribution in [0.4, 0.5) is 0 Å². The van der Waals surface area contributed by atoms with Gasteiger partial charge in [-0.05, 0) is 38.5 Å². The van der Waals surface area contributed by atoms with Crippen LogP contribution in [0.25, 0.3) is 11.0 Å². The van der Waals surface area contributed by atoms with Crippen LogP contribution in [0.2, 0.25) is 0 Å². The molecule has 0 aliphatic carbocycles. The normalized spacial score (nSPS) is 16.1. The lowest BCUT2D eigenvalue weighted by molar-refractivity contribution is -0.169. The van der Waals surface area contributed by atoms with Gasteiger partial charge in [0.2, 0.25) is 11.8 Å². The average molecular weight is 474 g/mol. The highest BCUT2D eigenvalue weighted by molar-refractivity contribution is 6.00. The monoisotopic (exact) mass is 473 g/mol. The van der Waals surface area contributed by atoms with Gasteiger partial charge in [0.1, 0.15) is 12.6 Å². The maximum absolute atomic E-state index is 12.8. The third-order valence-electron chi connectivity index (χ3n) is 5.35. The Morgan fingerprint density at radius 2 is 1.82 bits per heavy atom. The number of imidazole rings is 1. The second-order valence-corrected chi connectivity index (χ2v) is 7.65. The van der Waals surface area contributed by atoms with Crippen LogP contribution in [0.15, 0.2) is 23.0 Å². The topological polar surface area (TPSA) is 110 Å². The molecule has 1 aromatic heterocycles. The number of ether oxygens (including phenoxy) is 4. The van der Waals surface area contributed by atoms with Crippen molar-refractivity contribution in [2.45, 2.75) is 39.0 Å². The van der Waals surface area contributed by atoms with Gasteiger partial charge in [0.25, 0.3) is 0 Å². The number of benzene rings is 1. The van der Waals surface area contributed by atoms with E-state index in [1.54, 1.807) is 25.2 Å². The highest BCUT2D eigenvalue weighted by atomic mass is 16.7. The number of aromatic nitrogens is 2. The Labute approximate surface area is 198 Å². The van der Waals surface area contributed by atoms with Gasteiger partial charge in [-0.25, -0.2) is 4.79 Å². The van der Waals surface area contributed by atoms with E-state index in [0.717, 1.165) is 5.56 Å². The van der Waals surface area contributed by atoms with Gasteiger partial charge >= 0.3 is 5.69 Å². The van der Waals surface area contributed by atoms with E-state index in [0.29, 0.717) is 50.5 Å². The summed E-state index contributed by atoms with van der Waals surface area (Å²) in [5, 5.41) is 2.31. The summed E-state index contributed by atoms with van der Waals surface area (Å²) in [5.41, 5.74) is 1.70. The van der Waals surface area contributed by atoms with Gasteiger partial charge in [0.05, 0.1) is 30.9 Å². The summed E-state index contributed by atoms with van der Waals surface area (Å²) >= 11 is 0. The van der Waals surface area contributed by atoms with Crippen molar-refractivity contribution in [3.63, 3.8) is 0 Å². The van der Waals surface area contributed by atoms with Crippen molar-refractivity contribution in [1.29, 1.82) is 0 Å². The number of piperidine rings is 1. The summed E-state index contributed by atoms with van der Waals surface area (Å²) in [6, 6.07) is 4.66. The number of imide groups is 1. The van der Waals surface area contributed by atoms with E-state index in [9.17, 15) is 14.4 Å². The molecule has 184 valence electrons. The maximum atomic E-state index is 12.8. The SMILES string of the molecule is CCOC(COCCOCC#Cc1ccc2c(c1)n(C)c(=O)n2C1CCC(=O)NC1=O)OCC. The molecule has 1 aromatic carbocycles. The zero-order valence-corrected chi connectivity index (χ0v) is 19.8. The Bertz CT molecular complexity index is 1120. The first kappa shape index (κ1) is 25.6. The standard InChI is InChI=1S/C24H31N3O7/c1-4-33-22(34-5-2)16-32-14-13-31-12-6-7-17-8-9-18-20(15-17)26(3)24(30)27(18)19-10-11-21(28)25-23(19)29/h8-9,15,19,22H,4-5,10-14,16H2,1-3H3,(H,25,28,29).